The van der Waals surface area contributed by atoms with E-state index in [2.05, 4.69) is 49.0 Å². The zero-order chi connectivity index (χ0) is 14.3. The number of pyridine rings is 1. The molecule has 0 saturated heterocycles. The molecule has 0 atom stereocenters. The van der Waals surface area contributed by atoms with Gasteiger partial charge in [0.1, 0.15) is 11.8 Å². The molecule has 104 valence electrons. The number of hydrogen-bond acceptors (Lipinski definition) is 4. The molecule has 0 fully saturated rings. The van der Waals surface area contributed by atoms with Crippen LogP contribution in [0.3, 0.4) is 0 Å². The van der Waals surface area contributed by atoms with Gasteiger partial charge in [0, 0.05) is 37.9 Å². The standard InChI is InChI=1S/C15H24N4/c1-12(2)19(13(3)4)8-7-17-11-14-5-6-18-15(9-14)10-16/h5-6,9,12-13,17H,7-8,11H2,1-4H3. The summed E-state index contributed by atoms with van der Waals surface area (Å²) in [7, 11) is 0. The Morgan fingerprint density at radius 3 is 2.58 bits per heavy atom. The van der Waals surface area contributed by atoms with Gasteiger partial charge in [-0.3, -0.25) is 4.90 Å². The van der Waals surface area contributed by atoms with Gasteiger partial charge >= 0.3 is 0 Å². The number of nitriles is 1. The van der Waals surface area contributed by atoms with E-state index in [-0.39, 0.29) is 0 Å². The Hall–Kier alpha value is -1.44. The SMILES string of the molecule is CC(C)N(CCNCc1ccnc(C#N)c1)C(C)C. The Morgan fingerprint density at radius 2 is 2.00 bits per heavy atom. The second-order valence-corrected chi connectivity index (χ2v) is 5.26. The molecule has 0 aromatic carbocycles. The van der Waals surface area contributed by atoms with Crippen molar-refractivity contribution in [1.29, 1.82) is 5.26 Å². The number of aromatic nitrogens is 1. The van der Waals surface area contributed by atoms with Crippen LogP contribution in [0.2, 0.25) is 0 Å². The van der Waals surface area contributed by atoms with E-state index < -0.39 is 0 Å². The van der Waals surface area contributed by atoms with E-state index in [0.29, 0.717) is 17.8 Å². The lowest BCUT2D eigenvalue weighted by Crippen LogP contribution is -2.41. The van der Waals surface area contributed by atoms with Crippen molar-refractivity contribution >= 4 is 0 Å². The molecule has 0 spiro atoms. The molecule has 0 bridgehead atoms. The number of nitrogens with zero attached hydrogens (tertiary/aromatic N) is 3. The molecule has 0 amide bonds. The lowest BCUT2D eigenvalue weighted by atomic mass is 10.2. The Labute approximate surface area is 116 Å². The van der Waals surface area contributed by atoms with Crippen molar-refractivity contribution in [2.45, 2.75) is 46.3 Å². The molecule has 4 heteroatoms. The summed E-state index contributed by atoms with van der Waals surface area (Å²) in [5, 5.41) is 12.2. The first kappa shape index (κ1) is 15.6. The van der Waals surface area contributed by atoms with Crippen LogP contribution in [0.4, 0.5) is 0 Å². The highest BCUT2D eigenvalue weighted by molar-refractivity contribution is 5.25. The highest BCUT2D eigenvalue weighted by atomic mass is 15.2. The summed E-state index contributed by atoms with van der Waals surface area (Å²) in [6.07, 6.45) is 1.68. The van der Waals surface area contributed by atoms with Crippen LogP contribution in [-0.4, -0.2) is 35.1 Å². The quantitative estimate of drug-likeness (QED) is 0.763. The second-order valence-electron chi connectivity index (χ2n) is 5.26. The van der Waals surface area contributed by atoms with Crippen molar-refractivity contribution < 1.29 is 0 Å². The molecule has 0 radical (unpaired) electrons. The normalized spacial score (nSPS) is 11.3. The largest absolute Gasteiger partial charge is 0.311 e. The third-order valence-corrected chi connectivity index (χ3v) is 3.14. The monoisotopic (exact) mass is 260 g/mol. The minimum atomic E-state index is 0.477. The molecule has 1 rings (SSSR count). The van der Waals surface area contributed by atoms with Gasteiger partial charge in [-0.25, -0.2) is 4.98 Å². The zero-order valence-corrected chi connectivity index (χ0v) is 12.3. The van der Waals surface area contributed by atoms with Crippen LogP contribution in [-0.2, 0) is 6.54 Å². The fraction of sp³-hybridized carbons (Fsp3) is 0.600. The van der Waals surface area contributed by atoms with Crippen LogP contribution >= 0.6 is 0 Å². The summed E-state index contributed by atoms with van der Waals surface area (Å²) < 4.78 is 0. The van der Waals surface area contributed by atoms with E-state index in [0.717, 1.165) is 25.2 Å². The molecule has 1 aromatic rings. The van der Waals surface area contributed by atoms with Crippen molar-refractivity contribution in [1.82, 2.24) is 15.2 Å². The highest BCUT2D eigenvalue weighted by Gasteiger charge is 2.11. The number of rotatable bonds is 7. The van der Waals surface area contributed by atoms with Gasteiger partial charge in [-0.15, -0.1) is 0 Å². The fourth-order valence-corrected chi connectivity index (χ4v) is 2.20. The maximum atomic E-state index is 8.79. The summed E-state index contributed by atoms with van der Waals surface area (Å²) in [4.78, 5) is 6.42. The third-order valence-electron chi connectivity index (χ3n) is 3.14. The molecule has 1 heterocycles. The van der Waals surface area contributed by atoms with E-state index >= 15 is 0 Å². The number of nitrogens with one attached hydrogen (secondary N) is 1. The Morgan fingerprint density at radius 1 is 1.32 bits per heavy atom. The Balaban J connectivity index is 2.36. The van der Waals surface area contributed by atoms with Gasteiger partial charge in [-0.1, -0.05) is 0 Å². The second kappa shape index (κ2) is 7.88. The molecular formula is C15H24N4. The minimum Gasteiger partial charge on any atom is -0.311 e. The van der Waals surface area contributed by atoms with Crippen molar-refractivity contribution in [3.8, 4) is 6.07 Å². The average Bonchev–Trinajstić information content (AvgIpc) is 2.37. The van der Waals surface area contributed by atoms with E-state index in [1.54, 1.807) is 6.20 Å². The molecule has 1 aromatic heterocycles. The van der Waals surface area contributed by atoms with Crippen LogP contribution in [0, 0.1) is 11.3 Å². The molecule has 1 N–H and O–H groups in total. The smallest absolute Gasteiger partial charge is 0.140 e. The summed E-state index contributed by atoms with van der Waals surface area (Å²) in [6, 6.07) is 6.95. The van der Waals surface area contributed by atoms with Gasteiger partial charge in [-0.05, 0) is 45.4 Å². The lowest BCUT2D eigenvalue weighted by Gasteiger charge is -2.30. The van der Waals surface area contributed by atoms with Crippen molar-refractivity contribution in [3.63, 3.8) is 0 Å². The van der Waals surface area contributed by atoms with Gasteiger partial charge in [0.25, 0.3) is 0 Å². The Bertz CT molecular complexity index is 412. The first-order chi connectivity index (χ1) is 9.04. The van der Waals surface area contributed by atoms with Gasteiger partial charge in [0.05, 0.1) is 0 Å². The van der Waals surface area contributed by atoms with Crippen molar-refractivity contribution in [2.75, 3.05) is 13.1 Å². The van der Waals surface area contributed by atoms with Crippen LogP contribution in [0.15, 0.2) is 18.3 Å². The molecule has 0 unspecified atom stereocenters. The van der Waals surface area contributed by atoms with Gasteiger partial charge in [0.2, 0.25) is 0 Å². The zero-order valence-electron chi connectivity index (χ0n) is 12.3. The summed E-state index contributed by atoms with van der Waals surface area (Å²) >= 11 is 0. The molecule has 0 aliphatic heterocycles. The van der Waals surface area contributed by atoms with E-state index in [1.807, 2.05) is 12.1 Å². The lowest BCUT2D eigenvalue weighted by molar-refractivity contribution is 0.176. The van der Waals surface area contributed by atoms with E-state index in [9.17, 15) is 0 Å². The number of hydrogen-bond donors (Lipinski definition) is 1. The highest BCUT2D eigenvalue weighted by Crippen LogP contribution is 2.04. The van der Waals surface area contributed by atoms with E-state index in [4.69, 9.17) is 5.26 Å². The fourth-order valence-electron chi connectivity index (χ4n) is 2.20. The first-order valence-electron chi connectivity index (χ1n) is 6.86. The molecule has 0 aliphatic carbocycles. The topological polar surface area (TPSA) is 52.0 Å². The summed E-state index contributed by atoms with van der Waals surface area (Å²) in [6.45, 7) is 11.7. The average molecular weight is 260 g/mol. The predicted molar refractivity (Wildman–Crippen MR) is 77.6 cm³/mol. The summed E-state index contributed by atoms with van der Waals surface area (Å²) in [5.74, 6) is 0. The van der Waals surface area contributed by atoms with Crippen molar-refractivity contribution in [3.05, 3.63) is 29.6 Å². The van der Waals surface area contributed by atoms with Crippen LogP contribution in [0.25, 0.3) is 0 Å². The Kier molecular flexibility index (Phi) is 6.48. The summed E-state index contributed by atoms with van der Waals surface area (Å²) in [5.41, 5.74) is 1.58. The maximum absolute atomic E-state index is 8.79. The van der Waals surface area contributed by atoms with Crippen LogP contribution in [0.1, 0.15) is 39.0 Å². The van der Waals surface area contributed by atoms with E-state index in [1.165, 1.54) is 0 Å². The molecule has 4 nitrogen and oxygen atoms in total. The molecular weight excluding hydrogens is 236 g/mol. The molecule has 19 heavy (non-hydrogen) atoms. The third kappa shape index (κ3) is 5.37. The predicted octanol–water partition coefficient (Wildman–Crippen LogP) is 2.16. The van der Waals surface area contributed by atoms with Crippen molar-refractivity contribution in [2.24, 2.45) is 0 Å². The van der Waals surface area contributed by atoms with Gasteiger partial charge in [-0.2, -0.15) is 5.26 Å². The van der Waals surface area contributed by atoms with Crippen LogP contribution in [0.5, 0.6) is 0 Å². The molecule has 0 aliphatic rings. The minimum absolute atomic E-state index is 0.477. The van der Waals surface area contributed by atoms with Gasteiger partial charge in [0.15, 0.2) is 0 Å². The first-order valence-corrected chi connectivity index (χ1v) is 6.86. The molecule has 0 saturated carbocycles. The van der Waals surface area contributed by atoms with Crippen LogP contribution < -0.4 is 5.32 Å². The van der Waals surface area contributed by atoms with Gasteiger partial charge < -0.3 is 5.32 Å². The maximum Gasteiger partial charge on any atom is 0.140 e.